The van der Waals surface area contributed by atoms with Gasteiger partial charge >= 0.3 is 0 Å². The Bertz CT molecular complexity index is 1240. The lowest BCUT2D eigenvalue weighted by molar-refractivity contribution is -0.121. The molecular formula is C24H31N5O3S. The van der Waals surface area contributed by atoms with E-state index in [1.165, 1.54) is 24.0 Å². The van der Waals surface area contributed by atoms with Gasteiger partial charge in [-0.2, -0.15) is 0 Å². The quantitative estimate of drug-likeness (QED) is 0.546. The van der Waals surface area contributed by atoms with Crippen molar-refractivity contribution in [1.29, 1.82) is 0 Å². The third kappa shape index (κ3) is 5.26. The monoisotopic (exact) mass is 469 g/mol. The Kier molecular flexibility index (Phi) is 6.83. The van der Waals surface area contributed by atoms with Gasteiger partial charge in [-0.3, -0.25) is 9.69 Å². The molecule has 0 unspecified atom stereocenters. The van der Waals surface area contributed by atoms with Gasteiger partial charge in [0.2, 0.25) is 15.9 Å². The van der Waals surface area contributed by atoms with Crippen LogP contribution in [0.4, 0.5) is 0 Å². The topological polar surface area (TPSA) is 87.5 Å². The van der Waals surface area contributed by atoms with Crippen LogP contribution in [-0.2, 0) is 34.8 Å². The molecule has 1 amide bonds. The van der Waals surface area contributed by atoms with Crippen LogP contribution in [-0.4, -0.2) is 66.3 Å². The zero-order valence-corrected chi connectivity index (χ0v) is 20.2. The van der Waals surface area contributed by atoms with Gasteiger partial charge in [0, 0.05) is 59.7 Å². The summed E-state index contributed by atoms with van der Waals surface area (Å²) in [5, 5.41) is 3.16. The SMILES string of the molecule is CN(C)S(=O)(=O)c1ccc2c(c1)nc(CCC(=O)N[C@H]1CCN(Cc3ccccc3)C1)n2C. The lowest BCUT2D eigenvalue weighted by Gasteiger charge is -2.16. The van der Waals surface area contributed by atoms with Crippen LogP contribution in [0.3, 0.4) is 0 Å². The predicted molar refractivity (Wildman–Crippen MR) is 128 cm³/mol. The number of rotatable bonds is 8. The van der Waals surface area contributed by atoms with Crippen LogP contribution in [0.2, 0.25) is 0 Å². The van der Waals surface area contributed by atoms with Crippen LogP contribution in [0.25, 0.3) is 11.0 Å². The van der Waals surface area contributed by atoms with Gasteiger partial charge in [-0.1, -0.05) is 30.3 Å². The fourth-order valence-electron chi connectivity index (χ4n) is 4.29. The molecular weight excluding hydrogens is 438 g/mol. The molecule has 176 valence electrons. The Morgan fingerprint density at radius 2 is 1.94 bits per heavy atom. The summed E-state index contributed by atoms with van der Waals surface area (Å²) in [6.45, 7) is 2.73. The standard InChI is InChI=1S/C24H31N5O3S/c1-27(2)33(31,32)20-9-10-22-21(15-20)26-23(28(22)3)11-12-24(30)25-19-13-14-29(17-19)16-18-7-5-4-6-8-18/h4-10,15,19H,11-14,16-17H2,1-3H3,(H,25,30)/t19-/m0/s1. The van der Waals surface area contributed by atoms with Crippen molar-refractivity contribution in [2.24, 2.45) is 7.05 Å². The highest BCUT2D eigenvalue weighted by Crippen LogP contribution is 2.22. The van der Waals surface area contributed by atoms with E-state index in [0.717, 1.165) is 37.4 Å². The average molecular weight is 470 g/mol. The summed E-state index contributed by atoms with van der Waals surface area (Å²) >= 11 is 0. The van der Waals surface area contributed by atoms with E-state index in [-0.39, 0.29) is 16.8 Å². The summed E-state index contributed by atoms with van der Waals surface area (Å²) in [5.74, 6) is 0.779. The summed E-state index contributed by atoms with van der Waals surface area (Å²) in [5.41, 5.74) is 2.74. The Balaban J connectivity index is 1.33. The fraction of sp³-hybridized carbons (Fsp3) is 0.417. The molecule has 3 aromatic rings. The second-order valence-electron chi connectivity index (χ2n) is 8.80. The minimum atomic E-state index is -3.52. The highest BCUT2D eigenvalue weighted by molar-refractivity contribution is 7.89. The first kappa shape index (κ1) is 23.4. The van der Waals surface area contributed by atoms with Crippen LogP contribution >= 0.6 is 0 Å². The van der Waals surface area contributed by atoms with Crippen molar-refractivity contribution in [3.63, 3.8) is 0 Å². The number of carbonyl (C=O) groups excluding carboxylic acids is 1. The smallest absolute Gasteiger partial charge is 0.242 e. The van der Waals surface area contributed by atoms with Gasteiger partial charge in [0.25, 0.3) is 0 Å². The second-order valence-corrected chi connectivity index (χ2v) is 11.0. The molecule has 1 atom stereocenters. The number of fused-ring (bicyclic) bond motifs is 1. The van der Waals surface area contributed by atoms with E-state index in [1.807, 2.05) is 29.8 Å². The lowest BCUT2D eigenvalue weighted by atomic mass is 10.2. The largest absolute Gasteiger partial charge is 0.352 e. The number of hydrogen-bond donors (Lipinski definition) is 1. The summed E-state index contributed by atoms with van der Waals surface area (Å²) in [6, 6.07) is 15.5. The van der Waals surface area contributed by atoms with Crippen LogP contribution in [0.15, 0.2) is 53.4 Å². The number of nitrogens with one attached hydrogen (secondary N) is 1. The van der Waals surface area contributed by atoms with Gasteiger partial charge in [0.15, 0.2) is 0 Å². The molecule has 1 N–H and O–H groups in total. The highest BCUT2D eigenvalue weighted by atomic mass is 32.2. The zero-order chi connectivity index (χ0) is 23.6. The fourth-order valence-corrected chi connectivity index (χ4v) is 5.21. The third-order valence-electron chi connectivity index (χ3n) is 6.19. The molecule has 8 nitrogen and oxygen atoms in total. The van der Waals surface area contributed by atoms with E-state index in [1.54, 1.807) is 18.2 Å². The normalized spacial score (nSPS) is 17.2. The number of sulfonamides is 1. The van der Waals surface area contributed by atoms with Gasteiger partial charge in [0.05, 0.1) is 15.9 Å². The van der Waals surface area contributed by atoms with Crippen molar-refractivity contribution in [2.75, 3.05) is 27.2 Å². The predicted octanol–water partition coefficient (Wildman–Crippen LogP) is 2.15. The Morgan fingerprint density at radius 1 is 1.18 bits per heavy atom. The summed E-state index contributed by atoms with van der Waals surface area (Å²) in [4.78, 5) is 19.8. The number of aryl methyl sites for hydroxylation is 2. The van der Waals surface area contributed by atoms with Crippen molar-refractivity contribution in [2.45, 2.75) is 36.7 Å². The molecule has 0 aliphatic carbocycles. The molecule has 4 rings (SSSR count). The number of likely N-dealkylation sites (tertiary alicyclic amines) is 1. The van der Waals surface area contributed by atoms with Gasteiger partial charge in [-0.15, -0.1) is 0 Å². The number of hydrogen-bond acceptors (Lipinski definition) is 5. The summed E-state index contributed by atoms with van der Waals surface area (Å²) in [6.07, 6.45) is 1.79. The molecule has 2 aromatic carbocycles. The molecule has 33 heavy (non-hydrogen) atoms. The lowest BCUT2D eigenvalue weighted by Crippen LogP contribution is -2.37. The van der Waals surface area contributed by atoms with Crippen LogP contribution in [0, 0.1) is 0 Å². The van der Waals surface area contributed by atoms with Crippen molar-refractivity contribution >= 4 is 27.0 Å². The number of nitrogens with zero attached hydrogens (tertiary/aromatic N) is 4. The first-order valence-corrected chi connectivity index (χ1v) is 12.6. The molecule has 1 aliphatic heterocycles. The zero-order valence-electron chi connectivity index (χ0n) is 19.4. The second kappa shape index (κ2) is 9.62. The molecule has 1 aliphatic rings. The Morgan fingerprint density at radius 3 is 2.67 bits per heavy atom. The summed E-state index contributed by atoms with van der Waals surface area (Å²) < 4.78 is 27.9. The number of benzene rings is 2. The van der Waals surface area contributed by atoms with Crippen LogP contribution in [0.5, 0.6) is 0 Å². The molecule has 2 heterocycles. The maximum absolute atomic E-state index is 12.6. The average Bonchev–Trinajstić information content (AvgIpc) is 3.36. The number of aromatic nitrogens is 2. The van der Waals surface area contributed by atoms with Crippen molar-refractivity contribution in [1.82, 2.24) is 24.1 Å². The molecule has 0 radical (unpaired) electrons. The first-order valence-electron chi connectivity index (χ1n) is 11.2. The van der Waals surface area contributed by atoms with E-state index in [2.05, 4.69) is 27.3 Å². The van der Waals surface area contributed by atoms with Crippen LogP contribution in [0.1, 0.15) is 24.2 Å². The van der Waals surface area contributed by atoms with Gasteiger partial charge in [0.1, 0.15) is 5.82 Å². The van der Waals surface area contributed by atoms with Crippen molar-refractivity contribution in [3.8, 4) is 0 Å². The number of amides is 1. The molecule has 0 saturated carbocycles. The molecule has 0 bridgehead atoms. The maximum Gasteiger partial charge on any atom is 0.242 e. The number of carbonyl (C=O) groups is 1. The minimum Gasteiger partial charge on any atom is -0.352 e. The molecule has 0 spiro atoms. The third-order valence-corrected chi connectivity index (χ3v) is 8.00. The summed E-state index contributed by atoms with van der Waals surface area (Å²) in [7, 11) is 1.38. The molecule has 1 aromatic heterocycles. The number of imidazole rings is 1. The Labute approximate surface area is 195 Å². The van der Waals surface area contributed by atoms with Gasteiger partial charge < -0.3 is 9.88 Å². The van der Waals surface area contributed by atoms with E-state index >= 15 is 0 Å². The molecule has 9 heteroatoms. The van der Waals surface area contributed by atoms with E-state index in [0.29, 0.717) is 18.4 Å². The van der Waals surface area contributed by atoms with E-state index in [4.69, 9.17) is 0 Å². The minimum absolute atomic E-state index is 0.0180. The highest BCUT2D eigenvalue weighted by Gasteiger charge is 2.24. The molecule has 1 fully saturated rings. The van der Waals surface area contributed by atoms with Gasteiger partial charge in [-0.25, -0.2) is 17.7 Å². The van der Waals surface area contributed by atoms with Crippen molar-refractivity contribution in [3.05, 3.63) is 59.9 Å². The van der Waals surface area contributed by atoms with Gasteiger partial charge in [-0.05, 0) is 30.2 Å². The Hall–Kier alpha value is -2.75. The maximum atomic E-state index is 12.6. The van der Waals surface area contributed by atoms with E-state index < -0.39 is 10.0 Å². The van der Waals surface area contributed by atoms with E-state index in [9.17, 15) is 13.2 Å². The van der Waals surface area contributed by atoms with Crippen molar-refractivity contribution < 1.29 is 13.2 Å². The first-order chi connectivity index (χ1) is 15.7. The van der Waals surface area contributed by atoms with Crippen LogP contribution < -0.4 is 5.32 Å². The molecule has 1 saturated heterocycles.